The van der Waals surface area contributed by atoms with Gasteiger partial charge in [-0.05, 0) is 22.3 Å². The van der Waals surface area contributed by atoms with Gasteiger partial charge in [0, 0.05) is 19.5 Å². The summed E-state index contributed by atoms with van der Waals surface area (Å²) in [5.74, 6) is 0. The molecule has 0 aromatic heterocycles. The Balaban J connectivity index is 2.13. The first-order valence-corrected chi connectivity index (χ1v) is 13.0. The van der Waals surface area contributed by atoms with Crippen molar-refractivity contribution in [1.82, 2.24) is 0 Å². The Morgan fingerprint density at radius 1 is 1.09 bits per heavy atom. The van der Waals surface area contributed by atoms with E-state index in [2.05, 4.69) is 75.9 Å². The first-order valence-electron chi connectivity index (χ1n) is 11.1. The van der Waals surface area contributed by atoms with Crippen LogP contribution in [-0.2, 0) is 13.9 Å². The van der Waals surface area contributed by atoms with Crippen molar-refractivity contribution in [3.63, 3.8) is 0 Å². The molecule has 2 radical (unpaired) electrons. The minimum Gasteiger partial charge on any atom is -0.404 e. The molecule has 1 aliphatic rings. The zero-order valence-electron chi connectivity index (χ0n) is 19.9. The number of hydrogen-bond acceptors (Lipinski definition) is 4. The van der Waals surface area contributed by atoms with Crippen molar-refractivity contribution in [2.75, 3.05) is 13.7 Å². The summed E-state index contributed by atoms with van der Waals surface area (Å²) in [5.41, 5.74) is -0.00802. The van der Waals surface area contributed by atoms with E-state index in [-0.39, 0.29) is 11.6 Å². The van der Waals surface area contributed by atoms with Crippen molar-refractivity contribution in [1.29, 1.82) is 0 Å². The van der Waals surface area contributed by atoms with Crippen LogP contribution in [0.15, 0.2) is 72.8 Å². The second-order valence-corrected chi connectivity index (χ2v) is 14.2. The van der Waals surface area contributed by atoms with E-state index in [0.717, 1.165) is 5.57 Å². The summed E-state index contributed by atoms with van der Waals surface area (Å²) < 4.78 is 19.0. The zero-order valence-corrected chi connectivity index (χ0v) is 20.9. The van der Waals surface area contributed by atoms with Crippen molar-refractivity contribution in [2.45, 2.75) is 63.0 Å². The Bertz CT molecular complexity index is 860. The van der Waals surface area contributed by atoms with Crippen LogP contribution < -0.4 is 10.4 Å². The molecule has 1 heterocycles. The van der Waals surface area contributed by atoms with Crippen LogP contribution in [0.1, 0.15) is 34.1 Å². The summed E-state index contributed by atoms with van der Waals surface area (Å²) in [4.78, 5) is 0. The van der Waals surface area contributed by atoms with E-state index in [0.29, 0.717) is 6.42 Å². The Hall–Kier alpha value is -1.70. The predicted molar refractivity (Wildman–Crippen MR) is 133 cm³/mol. The van der Waals surface area contributed by atoms with Gasteiger partial charge in [0.05, 0.1) is 6.61 Å². The predicted octanol–water partition coefficient (Wildman–Crippen LogP) is 3.17. The third-order valence-electron chi connectivity index (χ3n) is 6.34. The third kappa shape index (κ3) is 4.52. The second-order valence-electron chi connectivity index (χ2n) is 9.88. The maximum absolute atomic E-state index is 10.7. The number of benzene rings is 2. The van der Waals surface area contributed by atoms with E-state index >= 15 is 0 Å². The first-order chi connectivity index (χ1) is 15.1. The van der Waals surface area contributed by atoms with Gasteiger partial charge in [-0.3, -0.25) is 0 Å². The quantitative estimate of drug-likeness (QED) is 0.496. The lowest BCUT2D eigenvalue weighted by Gasteiger charge is -2.46. The molecule has 0 amide bonds. The number of rotatable bonds is 8. The molecule has 0 bridgehead atoms. The molecule has 170 valence electrons. The zero-order chi connectivity index (χ0) is 23.6. The minimum absolute atomic E-state index is 0.179. The van der Waals surface area contributed by atoms with E-state index in [9.17, 15) is 5.11 Å². The van der Waals surface area contributed by atoms with Crippen LogP contribution >= 0.6 is 0 Å². The molecule has 32 heavy (non-hydrogen) atoms. The number of methoxy groups -OCH3 is 1. The van der Waals surface area contributed by atoms with Crippen LogP contribution in [0, 0.1) is 0 Å². The van der Waals surface area contributed by atoms with Gasteiger partial charge in [0.25, 0.3) is 8.32 Å². The van der Waals surface area contributed by atoms with Crippen LogP contribution in [0.4, 0.5) is 0 Å². The van der Waals surface area contributed by atoms with Crippen LogP contribution in [0.2, 0.25) is 5.04 Å². The van der Waals surface area contributed by atoms with E-state index in [1.165, 1.54) is 10.4 Å². The van der Waals surface area contributed by atoms with E-state index < -0.39 is 32.1 Å². The molecule has 2 aromatic carbocycles. The van der Waals surface area contributed by atoms with Gasteiger partial charge in [-0.15, -0.1) is 6.58 Å². The standard InChI is InChI=1S/C26H35BO4Si/c1-19(2)17-26(23(29-6)22(28)24(27)31-26)18-30-32(25(3,4)5,20-13-9-7-10-14-20)21-15-11-8-12-16-21/h7-16,22-24,28H,1,17-18H2,2-6H3/t22-,23+,24-,26-/m1/s1. The lowest BCUT2D eigenvalue weighted by atomic mass is 9.86. The average Bonchev–Trinajstić information content (AvgIpc) is 2.97. The number of aliphatic hydroxyl groups is 1. The van der Waals surface area contributed by atoms with Crippen molar-refractivity contribution in [3.05, 3.63) is 72.8 Å². The normalized spacial score (nSPS) is 26.2. The van der Waals surface area contributed by atoms with Gasteiger partial charge >= 0.3 is 0 Å². The summed E-state index contributed by atoms with van der Waals surface area (Å²) in [6.45, 7) is 13.0. The lowest BCUT2D eigenvalue weighted by Crippen LogP contribution is -2.68. The summed E-state index contributed by atoms with van der Waals surface area (Å²) >= 11 is 0. The molecule has 1 aliphatic heterocycles. The van der Waals surface area contributed by atoms with Crippen LogP contribution in [0.3, 0.4) is 0 Å². The Kier molecular flexibility index (Phi) is 7.52. The number of hydrogen-bond donors (Lipinski definition) is 1. The average molecular weight is 450 g/mol. The Morgan fingerprint density at radius 3 is 2.00 bits per heavy atom. The molecule has 1 saturated heterocycles. The van der Waals surface area contributed by atoms with Crippen LogP contribution in [0.25, 0.3) is 0 Å². The molecule has 4 nitrogen and oxygen atoms in total. The van der Waals surface area contributed by atoms with Crippen molar-refractivity contribution in [2.24, 2.45) is 0 Å². The molecule has 0 saturated carbocycles. The van der Waals surface area contributed by atoms with Crippen LogP contribution in [-0.4, -0.2) is 58.8 Å². The third-order valence-corrected chi connectivity index (χ3v) is 11.3. The second kappa shape index (κ2) is 9.66. The minimum atomic E-state index is -2.79. The summed E-state index contributed by atoms with van der Waals surface area (Å²) in [6.07, 6.45) is -1.08. The van der Waals surface area contributed by atoms with Gasteiger partial charge in [0.2, 0.25) is 0 Å². The molecule has 0 spiro atoms. The van der Waals surface area contributed by atoms with Crippen molar-refractivity contribution >= 4 is 26.5 Å². The molecule has 2 aromatic rings. The summed E-state index contributed by atoms with van der Waals surface area (Å²) in [7, 11) is 4.90. The monoisotopic (exact) mass is 450 g/mol. The van der Waals surface area contributed by atoms with Crippen molar-refractivity contribution < 1.29 is 19.0 Å². The van der Waals surface area contributed by atoms with E-state index in [4.69, 9.17) is 21.7 Å². The molecular weight excluding hydrogens is 415 g/mol. The van der Waals surface area contributed by atoms with Crippen molar-refractivity contribution in [3.8, 4) is 0 Å². The topological polar surface area (TPSA) is 47.9 Å². The molecule has 1 N–H and O–H groups in total. The molecular formula is C26H35BO4Si. The SMILES string of the molecule is [B][C@@H]1O[C@@](CO[Si](c2ccccc2)(c2ccccc2)C(C)(C)C)(CC(=C)C)[C@@H](OC)[C@H]1O. The van der Waals surface area contributed by atoms with E-state index in [1.807, 2.05) is 19.1 Å². The molecule has 4 atom stereocenters. The number of ether oxygens (including phenoxy) is 2. The largest absolute Gasteiger partial charge is 0.404 e. The molecule has 0 unspecified atom stereocenters. The summed E-state index contributed by atoms with van der Waals surface area (Å²) in [6, 6.07) is 20.0. The maximum atomic E-state index is 10.7. The van der Waals surface area contributed by atoms with E-state index in [1.54, 1.807) is 7.11 Å². The van der Waals surface area contributed by atoms with Crippen LogP contribution in [0.5, 0.6) is 0 Å². The Morgan fingerprint density at radius 2 is 1.59 bits per heavy atom. The summed E-state index contributed by atoms with van der Waals surface area (Å²) in [5, 5.41) is 12.9. The smallest absolute Gasteiger partial charge is 0.261 e. The van der Waals surface area contributed by atoms with Gasteiger partial charge in [-0.1, -0.05) is 87.0 Å². The van der Waals surface area contributed by atoms with Gasteiger partial charge in [-0.2, -0.15) is 0 Å². The van der Waals surface area contributed by atoms with Gasteiger partial charge in [0.1, 0.15) is 25.7 Å². The fourth-order valence-electron chi connectivity index (χ4n) is 5.06. The highest BCUT2D eigenvalue weighted by Gasteiger charge is 2.57. The fraction of sp³-hybridized carbons (Fsp3) is 0.462. The molecule has 6 heteroatoms. The lowest BCUT2D eigenvalue weighted by molar-refractivity contribution is -0.108. The highest BCUT2D eigenvalue weighted by molar-refractivity contribution is 6.99. The number of aliphatic hydroxyl groups excluding tert-OH is 1. The van der Waals surface area contributed by atoms with Gasteiger partial charge < -0.3 is 19.0 Å². The Labute approximate surface area is 195 Å². The first kappa shape index (κ1) is 24.9. The fourth-order valence-corrected chi connectivity index (χ4v) is 9.67. The highest BCUT2D eigenvalue weighted by atomic mass is 28.4. The maximum Gasteiger partial charge on any atom is 0.261 e. The molecule has 1 fully saturated rings. The molecule has 3 rings (SSSR count). The highest BCUT2D eigenvalue weighted by Crippen LogP contribution is 2.41. The molecule has 0 aliphatic carbocycles. The van der Waals surface area contributed by atoms with Gasteiger partial charge in [-0.25, -0.2) is 0 Å². The van der Waals surface area contributed by atoms with Gasteiger partial charge in [0.15, 0.2) is 0 Å².